The van der Waals surface area contributed by atoms with E-state index in [-0.39, 0.29) is 0 Å². The van der Waals surface area contributed by atoms with Crippen molar-refractivity contribution in [3.63, 3.8) is 0 Å². The zero-order valence-electron chi connectivity index (χ0n) is 9.07. The van der Waals surface area contributed by atoms with Crippen LogP contribution in [0.3, 0.4) is 0 Å². The second-order valence-electron chi connectivity index (χ2n) is 3.58. The highest BCUT2D eigenvalue weighted by molar-refractivity contribution is 9.10. The molecule has 86 valence electrons. The Kier molecular flexibility index (Phi) is 4.58. The van der Waals surface area contributed by atoms with Crippen LogP contribution in [0.25, 0.3) is 0 Å². The molecule has 0 amide bonds. The van der Waals surface area contributed by atoms with Gasteiger partial charge in [0.05, 0.1) is 0 Å². The lowest BCUT2D eigenvalue weighted by Gasteiger charge is -2.16. The third-order valence-electron chi connectivity index (χ3n) is 2.43. The van der Waals surface area contributed by atoms with Crippen molar-refractivity contribution < 1.29 is 0 Å². The highest BCUT2D eigenvalue weighted by Crippen LogP contribution is 2.31. The lowest BCUT2D eigenvalue weighted by atomic mass is 10.1. The molecule has 0 saturated carbocycles. The topological polar surface area (TPSA) is 12.0 Å². The Morgan fingerprint density at radius 1 is 1.38 bits per heavy atom. The van der Waals surface area contributed by atoms with Crippen molar-refractivity contribution in [2.75, 3.05) is 6.54 Å². The highest BCUT2D eigenvalue weighted by Gasteiger charge is 2.15. The number of hydrogen-bond acceptors (Lipinski definition) is 3. The average molecular weight is 316 g/mol. The maximum atomic E-state index is 3.61. The molecule has 0 aliphatic heterocycles. The zero-order valence-corrected chi connectivity index (χ0v) is 12.3. The number of halogens is 1. The molecule has 0 aromatic carbocycles. The number of hydrogen-bond donors (Lipinski definition) is 1. The lowest BCUT2D eigenvalue weighted by Crippen LogP contribution is -2.22. The van der Waals surface area contributed by atoms with E-state index in [0.29, 0.717) is 6.04 Å². The molecule has 4 heteroatoms. The van der Waals surface area contributed by atoms with E-state index in [1.165, 1.54) is 14.9 Å². The highest BCUT2D eigenvalue weighted by atomic mass is 79.9. The second-order valence-corrected chi connectivity index (χ2v) is 6.16. The van der Waals surface area contributed by atoms with E-state index < -0.39 is 0 Å². The van der Waals surface area contributed by atoms with Crippen molar-refractivity contribution >= 4 is 38.6 Å². The molecule has 0 bridgehead atoms. The van der Waals surface area contributed by atoms with E-state index >= 15 is 0 Å². The fourth-order valence-corrected chi connectivity index (χ4v) is 4.11. The molecule has 0 aliphatic rings. The van der Waals surface area contributed by atoms with E-state index in [4.69, 9.17) is 0 Å². The summed E-state index contributed by atoms with van der Waals surface area (Å²) in [4.78, 5) is 1.40. The van der Waals surface area contributed by atoms with Crippen molar-refractivity contribution in [2.45, 2.75) is 19.4 Å². The first-order valence-electron chi connectivity index (χ1n) is 5.28. The fraction of sp³-hybridized carbons (Fsp3) is 0.333. The molecule has 2 aromatic heterocycles. The molecule has 2 aromatic rings. The second kappa shape index (κ2) is 5.96. The summed E-state index contributed by atoms with van der Waals surface area (Å²) in [5.41, 5.74) is 1.41. The van der Waals surface area contributed by atoms with Crippen molar-refractivity contribution in [3.05, 3.63) is 43.2 Å². The molecule has 0 spiro atoms. The van der Waals surface area contributed by atoms with Gasteiger partial charge >= 0.3 is 0 Å². The van der Waals surface area contributed by atoms with Crippen molar-refractivity contribution in [1.29, 1.82) is 0 Å². The first-order valence-corrected chi connectivity index (χ1v) is 7.90. The van der Waals surface area contributed by atoms with Gasteiger partial charge in [0.1, 0.15) is 0 Å². The normalized spacial score (nSPS) is 12.9. The van der Waals surface area contributed by atoms with Crippen LogP contribution in [-0.2, 0) is 6.42 Å². The summed E-state index contributed by atoms with van der Waals surface area (Å²) in [6.45, 7) is 3.15. The summed E-state index contributed by atoms with van der Waals surface area (Å²) in [5, 5.41) is 10.1. The first kappa shape index (κ1) is 12.3. The van der Waals surface area contributed by atoms with Gasteiger partial charge in [-0.15, -0.1) is 11.3 Å². The standard InChI is InChI=1S/C12H14BrNS2/c1-2-14-11(7-9-3-5-15-8-9)12-10(13)4-6-16-12/h3-6,8,11,14H,2,7H2,1H3. The van der Waals surface area contributed by atoms with Gasteiger partial charge in [0.25, 0.3) is 0 Å². The predicted octanol–water partition coefficient (Wildman–Crippen LogP) is 4.47. The third kappa shape index (κ3) is 2.94. The van der Waals surface area contributed by atoms with Crippen molar-refractivity contribution in [2.24, 2.45) is 0 Å². The fourth-order valence-electron chi connectivity index (χ4n) is 1.70. The molecule has 1 unspecified atom stereocenters. The summed E-state index contributed by atoms with van der Waals surface area (Å²) in [7, 11) is 0. The minimum Gasteiger partial charge on any atom is -0.309 e. The van der Waals surface area contributed by atoms with Crippen LogP contribution in [0, 0.1) is 0 Å². The van der Waals surface area contributed by atoms with Crippen LogP contribution in [-0.4, -0.2) is 6.54 Å². The molecule has 1 nitrogen and oxygen atoms in total. The molecule has 2 rings (SSSR count). The molecule has 16 heavy (non-hydrogen) atoms. The largest absolute Gasteiger partial charge is 0.309 e. The van der Waals surface area contributed by atoms with E-state index in [9.17, 15) is 0 Å². The Bertz CT molecular complexity index is 422. The Morgan fingerprint density at radius 2 is 2.25 bits per heavy atom. The molecular weight excluding hydrogens is 302 g/mol. The van der Waals surface area contributed by atoms with Crippen LogP contribution >= 0.6 is 38.6 Å². The minimum absolute atomic E-state index is 0.425. The molecular formula is C12H14BrNS2. The van der Waals surface area contributed by atoms with Gasteiger partial charge in [0.15, 0.2) is 0 Å². The van der Waals surface area contributed by atoms with Crippen LogP contribution in [0.4, 0.5) is 0 Å². The maximum Gasteiger partial charge on any atom is 0.0467 e. The number of likely N-dealkylation sites (N-methyl/N-ethyl adjacent to an activating group) is 1. The molecule has 1 atom stereocenters. The minimum atomic E-state index is 0.425. The van der Waals surface area contributed by atoms with Crippen LogP contribution in [0.2, 0.25) is 0 Å². The Labute approximate surface area is 113 Å². The average Bonchev–Trinajstić information content (AvgIpc) is 2.88. The van der Waals surface area contributed by atoms with Crippen molar-refractivity contribution in [3.8, 4) is 0 Å². The van der Waals surface area contributed by atoms with Crippen LogP contribution < -0.4 is 5.32 Å². The SMILES string of the molecule is CCNC(Cc1ccsc1)c1sccc1Br. The molecule has 0 aliphatic carbocycles. The Morgan fingerprint density at radius 3 is 2.81 bits per heavy atom. The van der Waals surface area contributed by atoms with Gasteiger partial charge in [-0.2, -0.15) is 11.3 Å². The monoisotopic (exact) mass is 315 g/mol. The smallest absolute Gasteiger partial charge is 0.0467 e. The first-order chi connectivity index (χ1) is 7.81. The zero-order chi connectivity index (χ0) is 11.4. The van der Waals surface area contributed by atoms with Gasteiger partial charge < -0.3 is 5.32 Å². The van der Waals surface area contributed by atoms with Gasteiger partial charge in [-0.1, -0.05) is 6.92 Å². The molecule has 0 saturated heterocycles. The van der Waals surface area contributed by atoms with E-state index in [1.54, 1.807) is 11.3 Å². The lowest BCUT2D eigenvalue weighted by molar-refractivity contribution is 0.557. The summed E-state index contributed by atoms with van der Waals surface area (Å²) < 4.78 is 1.22. The maximum absolute atomic E-state index is 3.61. The van der Waals surface area contributed by atoms with Crippen LogP contribution in [0.15, 0.2) is 32.7 Å². The number of nitrogens with one attached hydrogen (secondary N) is 1. The predicted molar refractivity (Wildman–Crippen MR) is 76.5 cm³/mol. The van der Waals surface area contributed by atoms with Gasteiger partial charge in [-0.3, -0.25) is 0 Å². The molecule has 0 fully saturated rings. The number of rotatable bonds is 5. The van der Waals surface area contributed by atoms with E-state index in [2.05, 4.69) is 56.4 Å². The quantitative estimate of drug-likeness (QED) is 0.858. The molecule has 1 N–H and O–H groups in total. The van der Waals surface area contributed by atoms with Gasteiger partial charge in [-0.25, -0.2) is 0 Å². The van der Waals surface area contributed by atoms with Crippen molar-refractivity contribution in [1.82, 2.24) is 5.32 Å². The Hall–Kier alpha value is -0.160. The van der Waals surface area contributed by atoms with Gasteiger partial charge in [0, 0.05) is 15.4 Å². The summed E-state index contributed by atoms with van der Waals surface area (Å²) in [6, 6.07) is 4.75. The van der Waals surface area contributed by atoms with Gasteiger partial charge in [-0.05, 0) is 62.7 Å². The van der Waals surface area contributed by atoms with Crippen LogP contribution in [0.5, 0.6) is 0 Å². The third-order valence-corrected chi connectivity index (χ3v) is 5.15. The van der Waals surface area contributed by atoms with E-state index in [1.807, 2.05) is 11.3 Å². The molecule has 0 radical (unpaired) electrons. The number of thiophene rings is 2. The Balaban J connectivity index is 2.14. The van der Waals surface area contributed by atoms with Crippen LogP contribution in [0.1, 0.15) is 23.4 Å². The van der Waals surface area contributed by atoms with E-state index in [0.717, 1.165) is 13.0 Å². The molecule has 2 heterocycles. The summed E-state index contributed by atoms with van der Waals surface area (Å²) >= 11 is 7.19. The summed E-state index contributed by atoms with van der Waals surface area (Å²) in [6.07, 6.45) is 1.07. The summed E-state index contributed by atoms with van der Waals surface area (Å²) in [5.74, 6) is 0. The van der Waals surface area contributed by atoms with Gasteiger partial charge in [0.2, 0.25) is 0 Å².